The number of hydrogen-bond acceptors (Lipinski definition) is 5. The third kappa shape index (κ3) is 3.01. The lowest BCUT2D eigenvalue weighted by molar-refractivity contribution is 0.481. The number of fused-ring (bicyclic) bond motifs is 1. The van der Waals surface area contributed by atoms with Crippen LogP contribution in [0.5, 0.6) is 0 Å². The van der Waals surface area contributed by atoms with E-state index in [2.05, 4.69) is 46.4 Å². The molecule has 3 aromatic heterocycles. The van der Waals surface area contributed by atoms with Crippen LogP contribution in [0.1, 0.15) is 6.92 Å². The van der Waals surface area contributed by atoms with Gasteiger partial charge in [0.2, 0.25) is 0 Å². The van der Waals surface area contributed by atoms with Gasteiger partial charge in [0.15, 0.2) is 5.65 Å². The summed E-state index contributed by atoms with van der Waals surface area (Å²) < 4.78 is 1.97. The summed E-state index contributed by atoms with van der Waals surface area (Å²) in [5.41, 5.74) is 4.91. The smallest absolute Gasteiger partial charge is 0.155 e. The number of nitrogens with zero attached hydrogens (tertiary/aromatic N) is 5. The first kappa shape index (κ1) is 16.9. The van der Waals surface area contributed by atoms with Gasteiger partial charge in [0.25, 0.3) is 0 Å². The van der Waals surface area contributed by atoms with Gasteiger partial charge in [-0.3, -0.25) is 4.98 Å². The van der Waals surface area contributed by atoms with E-state index in [4.69, 9.17) is 10.1 Å². The molecule has 6 heteroatoms. The van der Waals surface area contributed by atoms with E-state index >= 15 is 0 Å². The second kappa shape index (κ2) is 7.05. The molecule has 5 rings (SSSR count). The van der Waals surface area contributed by atoms with Crippen LogP contribution in [-0.4, -0.2) is 45.3 Å². The van der Waals surface area contributed by atoms with Crippen molar-refractivity contribution in [1.29, 1.82) is 0 Å². The van der Waals surface area contributed by atoms with Crippen molar-refractivity contribution in [3.8, 4) is 22.5 Å². The molecule has 1 N–H and O–H groups in total. The highest BCUT2D eigenvalue weighted by Crippen LogP contribution is 2.32. The standard InChI is InChI=1S/C22H22N6/c1-16-15-27(14-13-24-16)20-8-7-19-25-21(17-5-3-2-4-6-17)22(28(19)26-20)18-9-11-23-12-10-18/h2-12,16,24H,13-15H2,1H3/t16-/m1/s1. The molecule has 0 spiro atoms. The number of pyridine rings is 1. The maximum absolute atomic E-state index is 4.99. The zero-order valence-electron chi connectivity index (χ0n) is 15.8. The van der Waals surface area contributed by atoms with Gasteiger partial charge in [-0.05, 0) is 31.2 Å². The molecule has 1 saturated heterocycles. The van der Waals surface area contributed by atoms with Gasteiger partial charge in [0.1, 0.15) is 11.5 Å². The summed E-state index contributed by atoms with van der Waals surface area (Å²) in [5, 5.41) is 8.47. The van der Waals surface area contributed by atoms with Crippen LogP contribution in [0.15, 0.2) is 67.0 Å². The maximum atomic E-state index is 4.99. The SMILES string of the molecule is C[C@@H]1CN(c2ccc3nc(-c4ccccc4)c(-c4ccncc4)n3n2)CCN1. The number of imidazole rings is 1. The number of benzene rings is 1. The van der Waals surface area contributed by atoms with Crippen LogP contribution in [0, 0.1) is 0 Å². The Balaban J connectivity index is 1.70. The highest BCUT2D eigenvalue weighted by Gasteiger charge is 2.20. The van der Waals surface area contributed by atoms with Crippen LogP contribution < -0.4 is 10.2 Å². The van der Waals surface area contributed by atoms with Crippen molar-refractivity contribution in [2.24, 2.45) is 0 Å². The molecule has 1 atom stereocenters. The normalized spacial score (nSPS) is 17.2. The molecule has 1 fully saturated rings. The first-order valence-electron chi connectivity index (χ1n) is 9.63. The lowest BCUT2D eigenvalue weighted by Crippen LogP contribution is -2.49. The van der Waals surface area contributed by atoms with Gasteiger partial charge >= 0.3 is 0 Å². The van der Waals surface area contributed by atoms with Crippen LogP contribution in [0.25, 0.3) is 28.2 Å². The van der Waals surface area contributed by atoms with Crippen LogP contribution in [-0.2, 0) is 0 Å². The lowest BCUT2D eigenvalue weighted by atomic mass is 10.1. The first-order valence-corrected chi connectivity index (χ1v) is 9.63. The lowest BCUT2D eigenvalue weighted by Gasteiger charge is -2.32. The molecule has 4 aromatic rings. The van der Waals surface area contributed by atoms with Crippen molar-refractivity contribution in [2.75, 3.05) is 24.5 Å². The molecule has 1 aliphatic heterocycles. The van der Waals surface area contributed by atoms with Gasteiger partial charge < -0.3 is 10.2 Å². The summed E-state index contributed by atoms with van der Waals surface area (Å²) in [6, 6.07) is 18.9. The number of aromatic nitrogens is 4. The fourth-order valence-electron chi connectivity index (χ4n) is 3.80. The van der Waals surface area contributed by atoms with E-state index < -0.39 is 0 Å². The van der Waals surface area contributed by atoms with Crippen LogP contribution in [0.2, 0.25) is 0 Å². The van der Waals surface area contributed by atoms with Gasteiger partial charge in [-0.1, -0.05) is 30.3 Å². The molecule has 0 amide bonds. The minimum Gasteiger partial charge on any atom is -0.352 e. The third-order valence-electron chi connectivity index (χ3n) is 5.16. The summed E-state index contributed by atoms with van der Waals surface area (Å²) >= 11 is 0. The van der Waals surface area contributed by atoms with Gasteiger partial charge in [-0.15, -0.1) is 5.10 Å². The summed E-state index contributed by atoms with van der Waals surface area (Å²) in [5.74, 6) is 0.980. The van der Waals surface area contributed by atoms with Crippen molar-refractivity contribution in [3.63, 3.8) is 0 Å². The van der Waals surface area contributed by atoms with Gasteiger partial charge in [-0.2, -0.15) is 0 Å². The van der Waals surface area contributed by atoms with E-state index in [0.29, 0.717) is 6.04 Å². The van der Waals surface area contributed by atoms with Gasteiger partial charge in [0, 0.05) is 49.2 Å². The summed E-state index contributed by atoms with van der Waals surface area (Å²) in [6.07, 6.45) is 3.62. The Morgan fingerprint density at radius 2 is 1.79 bits per heavy atom. The van der Waals surface area contributed by atoms with Gasteiger partial charge in [-0.25, -0.2) is 9.50 Å². The van der Waals surface area contributed by atoms with Crippen molar-refractivity contribution < 1.29 is 0 Å². The zero-order valence-corrected chi connectivity index (χ0v) is 15.8. The van der Waals surface area contributed by atoms with E-state index in [0.717, 1.165) is 53.6 Å². The van der Waals surface area contributed by atoms with Crippen molar-refractivity contribution in [3.05, 3.63) is 67.0 Å². The van der Waals surface area contributed by atoms with E-state index in [1.807, 2.05) is 47.2 Å². The predicted molar refractivity (Wildman–Crippen MR) is 111 cm³/mol. The topological polar surface area (TPSA) is 58.4 Å². The Labute approximate surface area is 163 Å². The van der Waals surface area contributed by atoms with Crippen LogP contribution >= 0.6 is 0 Å². The molecule has 0 aliphatic carbocycles. The number of nitrogens with one attached hydrogen (secondary N) is 1. The highest BCUT2D eigenvalue weighted by molar-refractivity contribution is 5.81. The largest absolute Gasteiger partial charge is 0.352 e. The Kier molecular flexibility index (Phi) is 4.25. The quantitative estimate of drug-likeness (QED) is 0.600. The van der Waals surface area contributed by atoms with Crippen LogP contribution in [0.3, 0.4) is 0 Å². The van der Waals surface area contributed by atoms with Crippen molar-refractivity contribution in [2.45, 2.75) is 13.0 Å². The Hall–Kier alpha value is -3.25. The van der Waals surface area contributed by atoms with Gasteiger partial charge in [0.05, 0.1) is 5.69 Å². The average molecular weight is 370 g/mol. The zero-order chi connectivity index (χ0) is 18.9. The predicted octanol–water partition coefficient (Wildman–Crippen LogP) is 3.26. The molecule has 0 saturated carbocycles. The number of rotatable bonds is 3. The Morgan fingerprint density at radius 3 is 2.57 bits per heavy atom. The monoisotopic (exact) mass is 370 g/mol. The maximum Gasteiger partial charge on any atom is 0.155 e. The molecule has 6 nitrogen and oxygen atoms in total. The van der Waals surface area contributed by atoms with E-state index in [1.54, 1.807) is 0 Å². The first-order chi connectivity index (χ1) is 13.8. The van der Waals surface area contributed by atoms with Crippen molar-refractivity contribution >= 4 is 11.5 Å². The fraction of sp³-hybridized carbons (Fsp3) is 0.227. The molecule has 140 valence electrons. The molecular formula is C22H22N6. The molecule has 0 unspecified atom stereocenters. The number of anilines is 1. The Morgan fingerprint density at radius 1 is 0.964 bits per heavy atom. The van der Waals surface area contributed by atoms with Crippen LogP contribution in [0.4, 0.5) is 5.82 Å². The molecule has 0 radical (unpaired) electrons. The fourth-order valence-corrected chi connectivity index (χ4v) is 3.80. The molecule has 1 aromatic carbocycles. The molecule has 0 bridgehead atoms. The number of piperazine rings is 1. The average Bonchev–Trinajstić information content (AvgIpc) is 3.14. The third-order valence-corrected chi connectivity index (χ3v) is 5.16. The molecule has 28 heavy (non-hydrogen) atoms. The summed E-state index contributed by atoms with van der Waals surface area (Å²) in [6.45, 7) is 5.08. The minimum atomic E-state index is 0.452. The van der Waals surface area contributed by atoms with E-state index in [-0.39, 0.29) is 0 Å². The van der Waals surface area contributed by atoms with Crippen molar-refractivity contribution in [1.82, 2.24) is 24.9 Å². The number of hydrogen-bond donors (Lipinski definition) is 1. The second-order valence-corrected chi connectivity index (χ2v) is 7.17. The van der Waals surface area contributed by atoms with E-state index in [1.165, 1.54) is 0 Å². The molecule has 4 heterocycles. The molecule has 1 aliphatic rings. The second-order valence-electron chi connectivity index (χ2n) is 7.17. The minimum absolute atomic E-state index is 0.452. The summed E-state index contributed by atoms with van der Waals surface area (Å²) in [4.78, 5) is 11.4. The highest BCUT2D eigenvalue weighted by atomic mass is 15.3. The summed E-state index contributed by atoms with van der Waals surface area (Å²) in [7, 11) is 0. The molecular weight excluding hydrogens is 348 g/mol. The Bertz CT molecular complexity index is 1090. The van der Waals surface area contributed by atoms with E-state index in [9.17, 15) is 0 Å².